The molecule has 2 aliphatic rings. The first-order valence-corrected chi connectivity index (χ1v) is 34.0. The van der Waals surface area contributed by atoms with Gasteiger partial charge < -0.3 is 61.2 Å². The number of hydrogen-bond acceptors (Lipinski definition) is 19. The average Bonchev–Trinajstić information content (AvgIpc) is 2.25. The summed E-state index contributed by atoms with van der Waals surface area (Å²) in [5, 5.41) is 26.5. The Morgan fingerprint density at radius 2 is 1.07 bits per heavy atom. The first-order chi connectivity index (χ1) is 43.5. The molecule has 5 heterocycles. The summed E-state index contributed by atoms with van der Waals surface area (Å²) in [4.78, 5) is 76.0. The highest BCUT2D eigenvalue weighted by molar-refractivity contribution is 5.81. The fraction of sp³-hybridized carbons (Fsp3) is 0.797. The van der Waals surface area contributed by atoms with E-state index in [1.807, 2.05) is 29.1 Å². The quantitative estimate of drug-likeness (QED) is 0.0304. The van der Waals surface area contributed by atoms with E-state index in [2.05, 4.69) is 66.1 Å². The van der Waals surface area contributed by atoms with E-state index in [9.17, 15) is 19.2 Å². The lowest BCUT2D eigenvalue weighted by Gasteiger charge is -2.36. The van der Waals surface area contributed by atoms with Crippen LogP contribution in [0.5, 0.6) is 0 Å². The largest absolute Gasteiger partial charge is 0.377 e. The number of carbonyl (C=O) groups is 4. The molecule has 2 aliphatic heterocycles. The zero-order chi connectivity index (χ0) is 63.5. The first kappa shape index (κ1) is 73.7. The Kier molecular flexibility index (Phi) is 37.4. The summed E-state index contributed by atoms with van der Waals surface area (Å²) in [5.41, 5.74) is 13.0. The van der Waals surface area contributed by atoms with Crippen LogP contribution in [0.3, 0.4) is 0 Å². The van der Waals surface area contributed by atoms with Crippen LogP contribution >= 0.6 is 0 Å². The standard InChI is InChI=1S/C64H112N18O7/c1-5-45-87-47-49-89-50-48-88-46-36-69-62-70-63(79-41-37-77(38-42-79)57(83)30-21-15-11-7-9-13-17-26-34-67-60(85)56(29-23-25-33-66)81-51-54(4)73-75-81)72-64(71-62)80-43-39-78(40-44-80)58(84)31-22-16-12-8-10-14-18-27-35-68-61(86)59(53(3)6-2)82-52-55(74-76-82)28-20-19-24-32-65/h1,51-53,56,59H,6-50,65-66H2,2-4H3,(H,67,85)(H,68,86)(H,69,70,71,72)/t53-,56-,59-/m1/s1. The van der Waals surface area contributed by atoms with Crippen LogP contribution in [-0.2, 0) is 39.8 Å². The maximum Gasteiger partial charge on any atom is 0.245 e. The van der Waals surface area contributed by atoms with E-state index in [4.69, 9.17) is 47.1 Å². The summed E-state index contributed by atoms with van der Waals surface area (Å²) in [6.45, 7) is 16.4. The van der Waals surface area contributed by atoms with Gasteiger partial charge in [0.1, 0.15) is 18.7 Å². The number of piperazine rings is 2. The number of carbonyl (C=O) groups excluding carboxylic acids is 4. The number of nitrogens with zero attached hydrogens (tertiary/aromatic N) is 13. The number of aryl methyl sites for hydroxylation is 2. The van der Waals surface area contributed by atoms with Crippen molar-refractivity contribution in [3.8, 4) is 12.3 Å². The van der Waals surface area contributed by atoms with E-state index in [-0.39, 0.29) is 48.2 Å². The fourth-order valence-corrected chi connectivity index (χ4v) is 11.2. The molecule has 2 fully saturated rings. The molecule has 0 aliphatic carbocycles. The second-order valence-corrected chi connectivity index (χ2v) is 23.9. The molecule has 25 nitrogen and oxygen atoms in total. The minimum atomic E-state index is -0.363. The van der Waals surface area contributed by atoms with Gasteiger partial charge in [-0.05, 0) is 90.1 Å². The molecule has 0 aromatic carbocycles. The van der Waals surface area contributed by atoms with Crippen LogP contribution in [-0.4, -0.2) is 203 Å². The molecule has 3 aromatic rings. The summed E-state index contributed by atoms with van der Waals surface area (Å²) < 4.78 is 20.0. The molecule has 500 valence electrons. The number of nitrogens with one attached hydrogen (secondary N) is 3. The summed E-state index contributed by atoms with van der Waals surface area (Å²) in [6.07, 6.45) is 34.2. The zero-order valence-corrected chi connectivity index (χ0v) is 54.6. The third-order valence-electron chi connectivity index (χ3n) is 16.7. The van der Waals surface area contributed by atoms with Gasteiger partial charge in [0.25, 0.3) is 0 Å². The second-order valence-electron chi connectivity index (χ2n) is 23.9. The van der Waals surface area contributed by atoms with Crippen LogP contribution < -0.4 is 37.2 Å². The Labute approximate surface area is 531 Å². The van der Waals surface area contributed by atoms with Gasteiger partial charge in [0.2, 0.25) is 41.5 Å². The molecule has 5 rings (SSSR count). The molecule has 2 saturated heterocycles. The predicted molar refractivity (Wildman–Crippen MR) is 348 cm³/mol. The van der Waals surface area contributed by atoms with Gasteiger partial charge in [-0.15, -0.1) is 16.6 Å². The van der Waals surface area contributed by atoms with Gasteiger partial charge in [0, 0.05) is 97.2 Å². The minimum absolute atomic E-state index is 0.0118. The topological polar surface area (TPSA) is 297 Å². The number of ether oxygens (including phenoxy) is 3. The van der Waals surface area contributed by atoms with Crippen LogP contribution in [0.15, 0.2) is 12.4 Å². The normalized spacial score (nSPS) is 14.6. The molecule has 89 heavy (non-hydrogen) atoms. The predicted octanol–water partition coefficient (Wildman–Crippen LogP) is 6.34. The monoisotopic (exact) mass is 1240 g/mol. The van der Waals surface area contributed by atoms with E-state index >= 15 is 0 Å². The van der Waals surface area contributed by atoms with E-state index < -0.39 is 0 Å². The number of nitrogens with two attached hydrogens (primary N) is 2. The van der Waals surface area contributed by atoms with Crippen LogP contribution in [0.1, 0.15) is 198 Å². The molecule has 4 amide bonds. The van der Waals surface area contributed by atoms with Crippen LogP contribution in [0.2, 0.25) is 0 Å². The van der Waals surface area contributed by atoms with E-state index in [0.717, 1.165) is 159 Å². The Balaban J connectivity index is 0.955. The maximum atomic E-state index is 13.4. The van der Waals surface area contributed by atoms with Crippen molar-refractivity contribution in [2.45, 2.75) is 200 Å². The van der Waals surface area contributed by atoms with Crippen molar-refractivity contribution in [1.29, 1.82) is 0 Å². The van der Waals surface area contributed by atoms with Crippen molar-refractivity contribution in [2.24, 2.45) is 17.4 Å². The second kappa shape index (κ2) is 45.2. The lowest BCUT2D eigenvalue weighted by Crippen LogP contribution is -2.50. The third-order valence-corrected chi connectivity index (χ3v) is 16.7. The Morgan fingerprint density at radius 1 is 0.573 bits per heavy atom. The van der Waals surface area contributed by atoms with E-state index in [1.54, 1.807) is 9.36 Å². The Bertz CT molecular complexity index is 2440. The van der Waals surface area contributed by atoms with E-state index in [1.165, 1.54) is 0 Å². The molecule has 25 heteroatoms. The van der Waals surface area contributed by atoms with E-state index in [0.29, 0.717) is 155 Å². The van der Waals surface area contributed by atoms with Gasteiger partial charge in [-0.2, -0.15) is 15.0 Å². The number of unbranched alkanes of at least 4 members (excludes halogenated alkanes) is 17. The minimum Gasteiger partial charge on any atom is -0.377 e. The number of anilines is 3. The molecule has 0 saturated carbocycles. The number of amides is 4. The van der Waals surface area contributed by atoms with Crippen molar-refractivity contribution < 1.29 is 33.4 Å². The molecule has 0 unspecified atom stereocenters. The summed E-state index contributed by atoms with van der Waals surface area (Å²) >= 11 is 0. The van der Waals surface area contributed by atoms with Crippen LogP contribution in [0.4, 0.5) is 17.8 Å². The molecular formula is C64H112N18O7. The maximum absolute atomic E-state index is 13.4. The lowest BCUT2D eigenvalue weighted by molar-refractivity contribution is -0.132. The van der Waals surface area contributed by atoms with Gasteiger partial charge in [-0.3, -0.25) is 19.2 Å². The SMILES string of the molecule is C#CCOCCOCCOCCNc1nc(N2CCN(C(=O)CCCCCCCCCCNC(=O)[C@@H](CCCCN)n3cc(C)nn3)CC2)nc(N2CCN(C(=O)CCCCCCCCCCNC(=O)[C@@H]([C@H](C)CC)n3cc(CCCCCN)nn3)CC2)n1. The van der Waals surface area contributed by atoms with Crippen LogP contribution in [0.25, 0.3) is 0 Å². The molecule has 3 atom stereocenters. The van der Waals surface area contributed by atoms with Gasteiger partial charge in [-0.1, -0.05) is 120 Å². The molecular weight excluding hydrogens is 1130 g/mol. The number of aromatic nitrogens is 9. The number of terminal acetylenes is 1. The highest BCUT2D eigenvalue weighted by Gasteiger charge is 2.29. The summed E-state index contributed by atoms with van der Waals surface area (Å²) in [6, 6.07) is -0.725. The number of rotatable bonds is 50. The van der Waals surface area contributed by atoms with Crippen molar-refractivity contribution >= 4 is 41.5 Å². The molecule has 0 spiro atoms. The van der Waals surface area contributed by atoms with Crippen molar-refractivity contribution in [3.63, 3.8) is 0 Å². The molecule has 0 bridgehead atoms. The highest BCUT2D eigenvalue weighted by atomic mass is 16.5. The third kappa shape index (κ3) is 29.2. The zero-order valence-electron chi connectivity index (χ0n) is 54.6. The summed E-state index contributed by atoms with van der Waals surface area (Å²) in [5.74, 6) is 4.55. The van der Waals surface area contributed by atoms with Crippen molar-refractivity contribution in [2.75, 3.05) is 140 Å². The highest BCUT2D eigenvalue weighted by Crippen LogP contribution is 2.24. The Hall–Kier alpha value is -6.07. The van der Waals surface area contributed by atoms with Crippen LogP contribution in [0, 0.1) is 25.2 Å². The molecule has 0 radical (unpaired) electrons. The number of hydrogen-bond donors (Lipinski definition) is 5. The van der Waals surface area contributed by atoms with Gasteiger partial charge in [0.15, 0.2) is 0 Å². The average molecular weight is 1250 g/mol. The molecule has 3 aromatic heterocycles. The lowest BCUT2D eigenvalue weighted by atomic mass is 9.98. The molecule has 7 N–H and O–H groups in total. The smallest absolute Gasteiger partial charge is 0.245 e. The van der Waals surface area contributed by atoms with Gasteiger partial charge >= 0.3 is 0 Å². The van der Waals surface area contributed by atoms with Crippen molar-refractivity contribution in [1.82, 2.24) is 65.4 Å². The van der Waals surface area contributed by atoms with Crippen molar-refractivity contribution in [3.05, 3.63) is 23.8 Å². The summed E-state index contributed by atoms with van der Waals surface area (Å²) in [7, 11) is 0. The van der Waals surface area contributed by atoms with Gasteiger partial charge in [-0.25, -0.2) is 9.36 Å². The first-order valence-electron chi connectivity index (χ1n) is 34.0. The van der Waals surface area contributed by atoms with Gasteiger partial charge in [0.05, 0.1) is 44.4 Å². The fourth-order valence-electron chi connectivity index (χ4n) is 11.2. The Morgan fingerprint density at radius 3 is 1.60 bits per heavy atom.